The van der Waals surface area contributed by atoms with E-state index in [2.05, 4.69) is 5.32 Å². The molecule has 0 atom stereocenters. The van der Waals surface area contributed by atoms with Crippen molar-refractivity contribution in [2.45, 2.75) is 11.3 Å². The molecule has 1 amide bonds. The van der Waals surface area contributed by atoms with Gasteiger partial charge in [0.05, 0.1) is 19.2 Å². The van der Waals surface area contributed by atoms with Crippen molar-refractivity contribution in [1.29, 1.82) is 0 Å². The zero-order chi connectivity index (χ0) is 14.4. The molecule has 0 saturated carbocycles. The highest BCUT2D eigenvalue weighted by Gasteiger charge is 2.07. The molecule has 0 bridgehead atoms. The van der Waals surface area contributed by atoms with Gasteiger partial charge in [-0.15, -0.1) is 11.8 Å². The number of hydrogen-bond acceptors (Lipinski definition) is 3. The van der Waals surface area contributed by atoms with Crippen LogP contribution in [0.4, 0.5) is 5.69 Å². The molecule has 4 heteroatoms. The summed E-state index contributed by atoms with van der Waals surface area (Å²) in [5.41, 5.74) is 1.82. The second-order valence-electron chi connectivity index (χ2n) is 4.27. The molecule has 0 heterocycles. The molecular formula is C16H17NO2S. The van der Waals surface area contributed by atoms with Crippen LogP contribution in [0.2, 0.25) is 0 Å². The van der Waals surface area contributed by atoms with Gasteiger partial charge in [0.1, 0.15) is 5.75 Å². The maximum absolute atomic E-state index is 12.1. The molecule has 0 spiro atoms. The molecular weight excluding hydrogens is 270 g/mol. The minimum absolute atomic E-state index is 0.0170. The Bertz CT molecular complexity index is 581. The number of rotatable bonds is 5. The maximum Gasteiger partial charge on any atom is 0.228 e. The molecule has 0 fully saturated rings. The molecule has 104 valence electrons. The van der Waals surface area contributed by atoms with Crippen LogP contribution in [-0.4, -0.2) is 19.3 Å². The molecule has 2 aromatic rings. The van der Waals surface area contributed by atoms with E-state index in [1.165, 1.54) is 0 Å². The Hall–Kier alpha value is -1.94. The van der Waals surface area contributed by atoms with Crippen LogP contribution in [0.3, 0.4) is 0 Å². The van der Waals surface area contributed by atoms with Crippen LogP contribution in [0.15, 0.2) is 53.4 Å². The zero-order valence-corrected chi connectivity index (χ0v) is 12.4. The van der Waals surface area contributed by atoms with E-state index in [1.54, 1.807) is 18.9 Å². The second kappa shape index (κ2) is 7.01. The summed E-state index contributed by atoms with van der Waals surface area (Å²) in [6.07, 6.45) is 2.35. The molecule has 20 heavy (non-hydrogen) atoms. The van der Waals surface area contributed by atoms with E-state index in [9.17, 15) is 4.79 Å². The van der Waals surface area contributed by atoms with E-state index in [-0.39, 0.29) is 5.91 Å². The molecule has 3 nitrogen and oxygen atoms in total. The van der Waals surface area contributed by atoms with Crippen LogP contribution in [0, 0.1) is 0 Å². The molecule has 0 saturated heterocycles. The van der Waals surface area contributed by atoms with Gasteiger partial charge < -0.3 is 10.1 Å². The molecule has 0 aliphatic rings. The predicted octanol–water partition coefficient (Wildman–Crippen LogP) is 3.60. The molecule has 0 aromatic heterocycles. The molecule has 0 aliphatic heterocycles. The van der Waals surface area contributed by atoms with Crippen LogP contribution >= 0.6 is 11.8 Å². The molecule has 0 aliphatic carbocycles. The number of carbonyl (C=O) groups is 1. The van der Waals surface area contributed by atoms with Gasteiger partial charge in [-0.1, -0.05) is 24.3 Å². The van der Waals surface area contributed by atoms with E-state index in [4.69, 9.17) is 4.74 Å². The van der Waals surface area contributed by atoms with Gasteiger partial charge in [0, 0.05) is 4.90 Å². The number of amides is 1. The summed E-state index contributed by atoms with van der Waals surface area (Å²) in [5, 5.41) is 2.95. The number of nitrogens with one attached hydrogen (secondary N) is 1. The molecule has 2 rings (SSSR count). The van der Waals surface area contributed by atoms with Gasteiger partial charge in [-0.05, 0) is 36.1 Å². The second-order valence-corrected chi connectivity index (χ2v) is 5.12. The lowest BCUT2D eigenvalue weighted by Crippen LogP contribution is -2.14. The van der Waals surface area contributed by atoms with Crippen LogP contribution in [0.25, 0.3) is 0 Å². The minimum Gasteiger partial charge on any atom is -0.497 e. The maximum atomic E-state index is 12.1. The number of para-hydroxylation sites is 1. The Kier molecular flexibility index (Phi) is 5.07. The fourth-order valence-electron chi connectivity index (χ4n) is 1.87. The van der Waals surface area contributed by atoms with Crippen molar-refractivity contribution in [2.75, 3.05) is 18.7 Å². The highest BCUT2D eigenvalue weighted by Crippen LogP contribution is 2.24. The quantitative estimate of drug-likeness (QED) is 0.854. The van der Waals surface area contributed by atoms with Gasteiger partial charge in [-0.3, -0.25) is 4.79 Å². The van der Waals surface area contributed by atoms with Crippen LogP contribution in [-0.2, 0) is 11.2 Å². The first-order valence-corrected chi connectivity index (χ1v) is 7.51. The summed E-state index contributed by atoms with van der Waals surface area (Å²) >= 11 is 1.62. The first-order chi connectivity index (χ1) is 9.72. The first-order valence-electron chi connectivity index (χ1n) is 6.28. The van der Waals surface area contributed by atoms with E-state index in [0.717, 1.165) is 21.9 Å². The van der Waals surface area contributed by atoms with Crippen molar-refractivity contribution in [2.24, 2.45) is 0 Å². The number of ether oxygens (including phenoxy) is 1. The van der Waals surface area contributed by atoms with Crippen molar-refractivity contribution in [3.63, 3.8) is 0 Å². The largest absolute Gasteiger partial charge is 0.497 e. The Labute approximate surface area is 123 Å². The zero-order valence-electron chi connectivity index (χ0n) is 11.6. The van der Waals surface area contributed by atoms with E-state index >= 15 is 0 Å². The van der Waals surface area contributed by atoms with Crippen molar-refractivity contribution in [3.05, 3.63) is 54.1 Å². The lowest BCUT2D eigenvalue weighted by molar-refractivity contribution is -0.115. The van der Waals surface area contributed by atoms with E-state index < -0.39 is 0 Å². The van der Waals surface area contributed by atoms with Gasteiger partial charge >= 0.3 is 0 Å². The normalized spacial score (nSPS) is 10.1. The summed E-state index contributed by atoms with van der Waals surface area (Å²) in [6, 6.07) is 15.3. The average Bonchev–Trinajstić information content (AvgIpc) is 2.48. The SMILES string of the molecule is COc1ccc(CC(=O)Nc2ccccc2SC)cc1. The number of hydrogen-bond donors (Lipinski definition) is 1. The third kappa shape index (κ3) is 3.78. The van der Waals surface area contributed by atoms with Crippen molar-refractivity contribution < 1.29 is 9.53 Å². The summed E-state index contributed by atoms with van der Waals surface area (Å²) < 4.78 is 5.10. The Morgan fingerprint density at radius 3 is 2.50 bits per heavy atom. The minimum atomic E-state index is -0.0170. The number of thioether (sulfide) groups is 1. The highest BCUT2D eigenvalue weighted by molar-refractivity contribution is 7.98. The number of anilines is 1. The Balaban J connectivity index is 2.01. The topological polar surface area (TPSA) is 38.3 Å². The fraction of sp³-hybridized carbons (Fsp3) is 0.188. The van der Waals surface area contributed by atoms with E-state index in [1.807, 2.05) is 54.8 Å². The molecule has 2 aromatic carbocycles. The Morgan fingerprint density at radius 1 is 1.15 bits per heavy atom. The van der Waals surface area contributed by atoms with Gasteiger partial charge in [-0.2, -0.15) is 0 Å². The first kappa shape index (κ1) is 14.5. The predicted molar refractivity (Wildman–Crippen MR) is 83.6 cm³/mol. The van der Waals surface area contributed by atoms with Crippen molar-refractivity contribution in [3.8, 4) is 5.75 Å². The fourth-order valence-corrected chi connectivity index (χ4v) is 2.42. The lowest BCUT2D eigenvalue weighted by atomic mass is 10.1. The van der Waals surface area contributed by atoms with Crippen LogP contribution in [0.5, 0.6) is 5.75 Å². The standard InChI is InChI=1S/C16H17NO2S/c1-19-13-9-7-12(8-10-13)11-16(18)17-14-5-3-4-6-15(14)20-2/h3-10H,11H2,1-2H3,(H,17,18). The van der Waals surface area contributed by atoms with Crippen molar-refractivity contribution >= 4 is 23.4 Å². The third-order valence-corrected chi connectivity index (χ3v) is 3.70. The number of carbonyl (C=O) groups excluding carboxylic acids is 1. The number of benzene rings is 2. The Morgan fingerprint density at radius 2 is 1.85 bits per heavy atom. The van der Waals surface area contributed by atoms with E-state index in [0.29, 0.717) is 6.42 Å². The van der Waals surface area contributed by atoms with Gasteiger partial charge in [0.2, 0.25) is 5.91 Å². The van der Waals surface area contributed by atoms with Crippen LogP contribution < -0.4 is 10.1 Å². The average molecular weight is 287 g/mol. The van der Waals surface area contributed by atoms with Gasteiger partial charge in [0.15, 0.2) is 0 Å². The molecule has 1 N–H and O–H groups in total. The smallest absolute Gasteiger partial charge is 0.228 e. The van der Waals surface area contributed by atoms with Gasteiger partial charge in [0.25, 0.3) is 0 Å². The summed E-state index contributed by atoms with van der Waals surface area (Å²) in [7, 11) is 1.63. The van der Waals surface area contributed by atoms with Crippen LogP contribution in [0.1, 0.15) is 5.56 Å². The number of methoxy groups -OCH3 is 1. The van der Waals surface area contributed by atoms with Crippen molar-refractivity contribution in [1.82, 2.24) is 0 Å². The summed E-state index contributed by atoms with van der Waals surface area (Å²) in [4.78, 5) is 13.1. The summed E-state index contributed by atoms with van der Waals surface area (Å²) in [5.74, 6) is 0.776. The molecule has 0 radical (unpaired) electrons. The molecule has 0 unspecified atom stereocenters. The highest BCUT2D eigenvalue weighted by atomic mass is 32.2. The monoisotopic (exact) mass is 287 g/mol. The summed E-state index contributed by atoms with van der Waals surface area (Å²) in [6.45, 7) is 0. The van der Waals surface area contributed by atoms with Gasteiger partial charge in [-0.25, -0.2) is 0 Å². The third-order valence-electron chi connectivity index (χ3n) is 2.90. The lowest BCUT2D eigenvalue weighted by Gasteiger charge is -2.09.